The van der Waals surface area contributed by atoms with E-state index in [2.05, 4.69) is 26.7 Å². The average Bonchev–Trinajstić information content (AvgIpc) is 3.24. The second-order valence-electron chi connectivity index (χ2n) is 16.3. The monoisotopic (exact) mass is 743 g/mol. The molecule has 278 valence electrons. The molecule has 4 heterocycles. The van der Waals surface area contributed by atoms with E-state index in [9.17, 15) is 17.6 Å². The Balaban J connectivity index is 1.13. The van der Waals surface area contributed by atoms with Gasteiger partial charge in [-0.15, -0.1) is 0 Å². The van der Waals surface area contributed by atoms with E-state index in [1.165, 1.54) is 11.1 Å². The third-order valence-electron chi connectivity index (χ3n) is 13.1. The number of hydrogen-bond acceptors (Lipinski definition) is 8. The number of fused-ring (bicyclic) bond motifs is 4. The van der Waals surface area contributed by atoms with Crippen LogP contribution in [0.3, 0.4) is 0 Å². The zero-order chi connectivity index (χ0) is 35.5. The molecule has 9 nitrogen and oxygen atoms in total. The molecule has 1 amide bonds. The second-order valence-corrected chi connectivity index (χ2v) is 18.8. The number of alkyl halides is 1. The van der Waals surface area contributed by atoms with E-state index in [1.807, 2.05) is 25.1 Å². The van der Waals surface area contributed by atoms with Crippen molar-refractivity contribution in [2.45, 2.75) is 94.4 Å². The van der Waals surface area contributed by atoms with Crippen LogP contribution in [-0.2, 0) is 31.3 Å². The van der Waals surface area contributed by atoms with Crippen molar-refractivity contribution in [1.29, 1.82) is 0 Å². The van der Waals surface area contributed by atoms with Crippen LogP contribution in [0.2, 0.25) is 5.02 Å². The highest BCUT2D eigenvalue weighted by Gasteiger charge is 2.47. The molecular formula is C39H51ClFN3O6S. The van der Waals surface area contributed by atoms with E-state index in [4.69, 9.17) is 25.8 Å². The number of likely N-dealkylation sites (tertiary alicyclic amines) is 1. The summed E-state index contributed by atoms with van der Waals surface area (Å²) in [6.45, 7) is 7.58. The summed E-state index contributed by atoms with van der Waals surface area (Å²) in [6, 6.07) is 11.6. The number of rotatable bonds is 2. The highest BCUT2D eigenvalue weighted by atomic mass is 35.5. The van der Waals surface area contributed by atoms with Crippen molar-refractivity contribution in [3.05, 3.63) is 58.1 Å². The fraction of sp³-hybridized carbons (Fsp3) is 0.667. The summed E-state index contributed by atoms with van der Waals surface area (Å²) in [5.41, 5.74) is 3.38. The van der Waals surface area contributed by atoms with E-state index >= 15 is 0 Å². The van der Waals surface area contributed by atoms with Crippen molar-refractivity contribution in [3.8, 4) is 5.75 Å². The van der Waals surface area contributed by atoms with Crippen LogP contribution >= 0.6 is 11.6 Å². The Labute approximate surface area is 306 Å². The third kappa shape index (κ3) is 6.91. The Morgan fingerprint density at radius 1 is 0.961 bits per heavy atom. The summed E-state index contributed by atoms with van der Waals surface area (Å²) in [4.78, 5) is 18.1. The van der Waals surface area contributed by atoms with Crippen LogP contribution in [0, 0.1) is 23.7 Å². The summed E-state index contributed by atoms with van der Waals surface area (Å²) in [5, 5.41) is -0.00953. The predicted molar refractivity (Wildman–Crippen MR) is 195 cm³/mol. The molecule has 0 radical (unpaired) electrons. The second kappa shape index (κ2) is 14.1. The van der Waals surface area contributed by atoms with Crippen LogP contribution in [0.4, 0.5) is 10.1 Å². The largest absolute Gasteiger partial charge is 0.490 e. The number of carbonyl (C=O) groups excluding carboxylic acids is 1. The third-order valence-corrected chi connectivity index (χ3v) is 15.3. The number of hydrogen-bond donors (Lipinski definition) is 1. The molecule has 6 aliphatic rings. The van der Waals surface area contributed by atoms with Gasteiger partial charge in [0.1, 0.15) is 11.9 Å². The summed E-state index contributed by atoms with van der Waals surface area (Å²) >= 11 is 6.47. The van der Waals surface area contributed by atoms with Crippen LogP contribution in [0.25, 0.3) is 0 Å². The first-order chi connectivity index (χ1) is 24.5. The molecule has 2 aromatic rings. The molecule has 2 bridgehead atoms. The van der Waals surface area contributed by atoms with Crippen LogP contribution in [0.1, 0.15) is 80.3 Å². The normalized spacial score (nSPS) is 36.0. The summed E-state index contributed by atoms with van der Waals surface area (Å²) in [7, 11) is -3.93. The van der Waals surface area contributed by atoms with Gasteiger partial charge in [0, 0.05) is 48.1 Å². The lowest BCUT2D eigenvalue weighted by molar-refractivity contribution is -0.249. The SMILES string of the molecule is C[C@@H]1[C@@H](C)CCC[C@H]([C@H]2OC[C@H](N3CC(F)C3)CO2)[C@@H]2CC[C@H]2CN2C[C@@]3(CCCc4cc(Cl)ccc43)COc3ccc(cc32)C(=O)NS1(=O)=O. The van der Waals surface area contributed by atoms with Gasteiger partial charge < -0.3 is 19.1 Å². The van der Waals surface area contributed by atoms with Crippen LogP contribution in [0.15, 0.2) is 36.4 Å². The first kappa shape index (κ1) is 35.6. The van der Waals surface area contributed by atoms with Gasteiger partial charge in [-0.1, -0.05) is 31.0 Å². The fourth-order valence-corrected chi connectivity index (χ4v) is 11.2. The molecule has 4 aliphatic heterocycles. The highest BCUT2D eigenvalue weighted by Crippen LogP contribution is 2.49. The Hall–Kier alpha value is -2.44. The van der Waals surface area contributed by atoms with Crippen molar-refractivity contribution in [3.63, 3.8) is 0 Å². The van der Waals surface area contributed by atoms with Gasteiger partial charge in [0.15, 0.2) is 6.29 Å². The minimum absolute atomic E-state index is 0.0742. The number of ether oxygens (including phenoxy) is 3. The number of nitrogens with one attached hydrogen (secondary N) is 1. The number of anilines is 1. The molecule has 1 N–H and O–H groups in total. The van der Waals surface area contributed by atoms with E-state index < -0.39 is 27.4 Å². The van der Waals surface area contributed by atoms with Crippen molar-refractivity contribution in [1.82, 2.24) is 9.62 Å². The number of sulfonamides is 1. The Morgan fingerprint density at radius 2 is 1.76 bits per heavy atom. The maximum absolute atomic E-state index is 13.6. The van der Waals surface area contributed by atoms with Crippen LogP contribution in [-0.4, -0.2) is 89.0 Å². The lowest BCUT2D eigenvalue weighted by Gasteiger charge is -2.50. The van der Waals surface area contributed by atoms with Crippen molar-refractivity contribution in [2.24, 2.45) is 23.7 Å². The number of halogens is 2. The quantitative estimate of drug-likeness (QED) is 0.394. The lowest BCUT2D eigenvalue weighted by Crippen LogP contribution is -2.59. The molecule has 2 saturated heterocycles. The molecule has 2 aromatic carbocycles. The Morgan fingerprint density at radius 3 is 2.51 bits per heavy atom. The van der Waals surface area contributed by atoms with Gasteiger partial charge >= 0.3 is 0 Å². The zero-order valence-electron chi connectivity index (χ0n) is 29.7. The maximum atomic E-state index is 13.6. The van der Waals surface area contributed by atoms with Crippen LogP contribution in [0.5, 0.6) is 5.75 Å². The van der Waals surface area contributed by atoms with Crippen molar-refractivity contribution in [2.75, 3.05) is 50.9 Å². The van der Waals surface area contributed by atoms with E-state index in [0.717, 1.165) is 62.2 Å². The van der Waals surface area contributed by atoms with Gasteiger partial charge in [0.25, 0.3) is 5.91 Å². The first-order valence-electron chi connectivity index (χ1n) is 19.0. The average molecular weight is 744 g/mol. The smallest absolute Gasteiger partial charge is 0.264 e. The molecule has 3 fully saturated rings. The predicted octanol–water partition coefficient (Wildman–Crippen LogP) is 6.12. The van der Waals surface area contributed by atoms with Gasteiger partial charge in [-0.05, 0) is 111 Å². The maximum Gasteiger partial charge on any atom is 0.264 e. The minimum Gasteiger partial charge on any atom is -0.490 e. The summed E-state index contributed by atoms with van der Waals surface area (Å²) in [6.07, 6.45) is 6.40. The van der Waals surface area contributed by atoms with E-state index in [1.54, 1.807) is 13.0 Å². The first-order valence-corrected chi connectivity index (χ1v) is 20.9. The van der Waals surface area contributed by atoms with Crippen molar-refractivity contribution >= 4 is 33.2 Å². The topological polar surface area (TPSA) is 97.4 Å². The molecule has 0 aromatic heterocycles. The Bertz CT molecular complexity index is 1730. The highest BCUT2D eigenvalue weighted by molar-refractivity contribution is 7.90. The molecule has 6 atom stereocenters. The summed E-state index contributed by atoms with van der Waals surface area (Å²) in [5.74, 6) is 0.826. The number of amides is 1. The van der Waals surface area contributed by atoms with Gasteiger partial charge in [0.05, 0.1) is 36.8 Å². The summed E-state index contributed by atoms with van der Waals surface area (Å²) < 4.78 is 62.7. The molecule has 8 rings (SSSR count). The van der Waals surface area contributed by atoms with Crippen molar-refractivity contribution < 1.29 is 31.8 Å². The standard InChI is InChI=1S/C39H51ClFN3O6S/c1-24-5-3-7-33(38-48-20-31(21-49-38)43-18-30(41)19-43)32-11-8-28(32)17-44-22-39(14-4-6-26-15-29(40)10-12-34(26)39)23-50-36-13-9-27(16-35(36)44)37(45)42-51(46,47)25(24)2/h9-10,12-13,15-16,24-25,28,30-33,38H,3-8,11,14,17-23H2,1-2H3,(H,42,45)/t24-,25+,28-,31-,32+,33-,38-,39-/m0/s1. The van der Waals surface area contributed by atoms with Crippen LogP contribution < -0.4 is 14.4 Å². The number of carbonyl (C=O) groups is 1. The number of benzene rings is 2. The molecule has 1 spiro atoms. The molecular weight excluding hydrogens is 693 g/mol. The van der Waals surface area contributed by atoms with E-state index in [-0.39, 0.29) is 29.6 Å². The molecule has 1 saturated carbocycles. The van der Waals surface area contributed by atoms with Gasteiger partial charge in [-0.2, -0.15) is 0 Å². The van der Waals surface area contributed by atoms with Gasteiger partial charge in [-0.25, -0.2) is 17.5 Å². The number of aryl methyl sites for hydroxylation is 1. The van der Waals surface area contributed by atoms with E-state index in [0.29, 0.717) is 69.0 Å². The zero-order valence-corrected chi connectivity index (χ0v) is 31.3. The molecule has 12 heteroatoms. The fourth-order valence-electron chi connectivity index (χ4n) is 9.69. The number of nitrogens with zero attached hydrogens (tertiary/aromatic N) is 2. The molecule has 2 aliphatic carbocycles. The van der Waals surface area contributed by atoms with Gasteiger partial charge in [0.2, 0.25) is 10.0 Å². The Kier molecular flexibility index (Phi) is 9.83. The molecule has 0 unspecified atom stereocenters. The lowest BCUT2D eigenvalue weighted by atomic mass is 9.64. The molecule has 51 heavy (non-hydrogen) atoms. The minimum atomic E-state index is -3.93. The van der Waals surface area contributed by atoms with Gasteiger partial charge in [-0.3, -0.25) is 9.69 Å².